The summed E-state index contributed by atoms with van der Waals surface area (Å²) in [5.41, 5.74) is 1.48. The Balaban J connectivity index is 1.90. The molecule has 0 spiro atoms. The van der Waals surface area contributed by atoms with Gasteiger partial charge in [-0.15, -0.1) is 11.8 Å². The fraction of sp³-hybridized carbons (Fsp3) is 0.158. The number of hydrogen-bond acceptors (Lipinski definition) is 4. The molecule has 1 aliphatic rings. The average Bonchev–Trinajstić information content (AvgIpc) is 2.96. The molecule has 0 bridgehead atoms. The lowest BCUT2D eigenvalue weighted by Crippen LogP contribution is -2.06. The summed E-state index contributed by atoms with van der Waals surface area (Å²) in [4.78, 5) is 25.7. The lowest BCUT2D eigenvalue weighted by atomic mass is 10.0. The Morgan fingerprint density at radius 1 is 1.08 bits per heavy atom. The van der Waals surface area contributed by atoms with Crippen molar-refractivity contribution >= 4 is 40.7 Å². The van der Waals surface area contributed by atoms with Gasteiger partial charge in [0, 0.05) is 28.3 Å². The van der Waals surface area contributed by atoms with Crippen molar-refractivity contribution in [3.05, 3.63) is 70.4 Å². The summed E-state index contributed by atoms with van der Waals surface area (Å²) in [5.74, 6) is -0.118. The van der Waals surface area contributed by atoms with Gasteiger partial charge in [0.2, 0.25) is 0 Å². The van der Waals surface area contributed by atoms with Crippen LogP contribution < -0.4 is 0 Å². The zero-order chi connectivity index (χ0) is 17.1. The van der Waals surface area contributed by atoms with E-state index in [1.165, 1.54) is 0 Å². The van der Waals surface area contributed by atoms with Crippen molar-refractivity contribution in [1.29, 1.82) is 0 Å². The van der Waals surface area contributed by atoms with Crippen LogP contribution in [0.3, 0.4) is 0 Å². The molecule has 122 valence electrons. The number of esters is 1. The second-order valence-corrected chi connectivity index (χ2v) is 6.61. The quantitative estimate of drug-likeness (QED) is 0.570. The third kappa shape index (κ3) is 3.40. The molecule has 0 fully saturated rings. The standard InChI is InChI=1S/C19H15ClO3S/c1-24-13-8-6-12(7-9-13)19(22)23-17-11-10-16(21)18(17)14-4-2-3-5-15(14)20/h2-9H,10-11H2,1H3. The minimum absolute atomic E-state index is 0.0522. The third-order valence-electron chi connectivity index (χ3n) is 3.82. The predicted octanol–water partition coefficient (Wildman–Crippen LogP) is 4.99. The van der Waals surface area contributed by atoms with Gasteiger partial charge in [-0.25, -0.2) is 4.79 Å². The molecular formula is C19H15ClO3S. The van der Waals surface area contributed by atoms with Crippen LogP contribution in [0.1, 0.15) is 28.8 Å². The summed E-state index contributed by atoms with van der Waals surface area (Å²) in [5, 5.41) is 0.473. The fourth-order valence-electron chi connectivity index (χ4n) is 2.60. The van der Waals surface area contributed by atoms with E-state index in [0.717, 1.165) is 4.90 Å². The van der Waals surface area contributed by atoms with Gasteiger partial charge in [-0.3, -0.25) is 4.79 Å². The average molecular weight is 359 g/mol. The fourth-order valence-corrected chi connectivity index (χ4v) is 3.24. The lowest BCUT2D eigenvalue weighted by molar-refractivity contribution is -0.113. The monoisotopic (exact) mass is 358 g/mol. The number of allylic oxidation sites excluding steroid dienone is 2. The van der Waals surface area contributed by atoms with Crippen LogP contribution in [0.15, 0.2) is 59.2 Å². The van der Waals surface area contributed by atoms with Crippen LogP contribution in [0.5, 0.6) is 0 Å². The Hall–Kier alpha value is -2.04. The van der Waals surface area contributed by atoms with E-state index in [0.29, 0.717) is 40.3 Å². The maximum Gasteiger partial charge on any atom is 0.343 e. The molecule has 3 rings (SSSR count). The van der Waals surface area contributed by atoms with Crippen LogP contribution in [-0.2, 0) is 9.53 Å². The molecule has 1 aliphatic carbocycles. The number of hydrogen-bond donors (Lipinski definition) is 0. The van der Waals surface area contributed by atoms with Crippen molar-refractivity contribution < 1.29 is 14.3 Å². The maximum absolute atomic E-state index is 12.4. The van der Waals surface area contributed by atoms with E-state index in [2.05, 4.69) is 0 Å². The van der Waals surface area contributed by atoms with Crippen LogP contribution in [0.2, 0.25) is 5.02 Å². The first-order valence-electron chi connectivity index (χ1n) is 7.47. The van der Waals surface area contributed by atoms with E-state index in [1.54, 1.807) is 48.2 Å². The van der Waals surface area contributed by atoms with Crippen LogP contribution in [-0.4, -0.2) is 18.0 Å². The van der Waals surface area contributed by atoms with E-state index in [1.807, 2.05) is 18.4 Å². The van der Waals surface area contributed by atoms with Gasteiger partial charge in [-0.1, -0.05) is 29.8 Å². The van der Waals surface area contributed by atoms with Crippen LogP contribution in [0, 0.1) is 0 Å². The zero-order valence-electron chi connectivity index (χ0n) is 13.0. The molecule has 3 nitrogen and oxygen atoms in total. The number of carbonyl (C=O) groups is 2. The van der Waals surface area contributed by atoms with Gasteiger partial charge >= 0.3 is 5.97 Å². The second-order valence-electron chi connectivity index (χ2n) is 5.32. The highest BCUT2D eigenvalue weighted by atomic mass is 35.5. The lowest BCUT2D eigenvalue weighted by Gasteiger charge is -2.09. The normalized spacial score (nSPS) is 14.2. The van der Waals surface area contributed by atoms with E-state index in [4.69, 9.17) is 16.3 Å². The molecule has 0 saturated carbocycles. The van der Waals surface area contributed by atoms with E-state index >= 15 is 0 Å². The number of ether oxygens (including phenoxy) is 1. The molecule has 2 aromatic rings. The molecule has 0 heterocycles. The van der Waals surface area contributed by atoms with Crippen molar-refractivity contribution in [3.63, 3.8) is 0 Å². The van der Waals surface area contributed by atoms with E-state index in [-0.39, 0.29) is 5.78 Å². The zero-order valence-corrected chi connectivity index (χ0v) is 14.6. The first kappa shape index (κ1) is 16.8. The van der Waals surface area contributed by atoms with Gasteiger partial charge in [0.1, 0.15) is 5.76 Å². The van der Waals surface area contributed by atoms with Crippen molar-refractivity contribution in [1.82, 2.24) is 0 Å². The number of Topliss-reactive ketones (excluding diaryl/α,β-unsaturated/α-hetero) is 1. The van der Waals surface area contributed by atoms with Crippen LogP contribution in [0.4, 0.5) is 0 Å². The summed E-state index contributed by atoms with van der Waals surface area (Å²) >= 11 is 7.79. The molecule has 0 saturated heterocycles. The molecule has 0 atom stereocenters. The maximum atomic E-state index is 12.4. The van der Waals surface area contributed by atoms with Gasteiger partial charge < -0.3 is 4.74 Å². The number of halogens is 1. The van der Waals surface area contributed by atoms with E-state index < -0.39 is 5.97 Å². The molecule has 24 heavy (non-hydrogen) atoms. The Morgan fingerprint density at radius 3 is 2.46 bits per heavy atom. The van der Waals surface area contributed by atoms with Gasteiger partial charge in [-0.05, 0) is 36.6 Å². The van der Waals surface area contributed by atoms with Crippen LogP contribution >= 0.6 is 23.4 Å². The number of ketones is 1. The minimum atomic E-state index is -0.461. The highest BCUT2D eigenvalue weighted by Crippen LogP contribution is 2.35. The smallest absolute Gasteiger partial charge is 0.343 e. The summed E-state index contributed by atoms with van der Waals surface area (Å²) in [6.07, 6.45) is 2.71. The Kier molecular flexibility index (Phi) is 5.07. The van der Waals surface area contributed by atoms with Gasteiger partial charge in [0.25, 0.3) is 0 Å². The molecule has 0 aliphatic heterocycles. The van der Waals surface area contributed by atoms with Gasteiger partial charge in [0.15, 0.2) is 5.78 Å². The number of thioether (sulfide) groups is 1. The molecule has 5 heteroatoms. The van der Waals surface area contributed by atoms with Crippen molar-refractivity contribution in [2.75, 3.05) is 6.26 Å². The topological polar surface area (TPSA) is 43.4 Å². The minimum Gasteiger partial charge on any atom is -0.427 e. The molecule has 0 N–H and O–H groups in total. The predicted molar refractivity (Wildman–Crippen MR) is 96.3 cm³/mol. The molecule has 0 radical (unpaired) electrons. The number of rotatable bonds is 4. The third-order valence-corrected chi connectivity index (χ3v) is 4.89. The van der Waals surface area contributed by atoms with Crippen LogP contribution in [0.25, 0.3) is 5.57 Å². The molecule has 0 aromatic heterocycles. The van der Waals surface area contributed by atoms with Gasteiger partial charge in [-0.2, -0.15) is 0 Å². The van der Waals surface area contributed by atoms with Crippen molar-refractivity contribution in [2.45, 2.75) is 17.7 Å². The number of benzene rings is 2. The highest BCUT2D eigenvalue weighted by molar-refractivity contribution is 7.98. The molecule has 2 aromatic carbocycles. The molecular weight excluding hydrogens is 344 g/mol. The summed E-state index contributed by atoms with van der Waals surface area (Å²) < 4.78 is 5.52. The Morgan fingerprint density at radius 2 is 1.79 bits per heavy atom. The summed E-state index contributed by atoms with van der Waals surface area (Å²) in [6.45, 7) is 0. The molecule has 0 amide bonds. The molecule has 0 unspecified atom stereocenters. The Bertz CT molecular complexity index is 825. The van der Waals surface area contributed by atoms with E-state index in [9.17, 15) is 9.59 Å². The Labute approximate surface area is 149 Å². The highest BCUT2D eigenvalue weighted by Gasteiger charge is 2.29. The number of carbonyl (C=O) groups excluding carboxylic acids is 2. The van der Waals surface area contributed by atoms with Crippen molar-refractivity contribution in [2.24, 2.45) is 0 Å². The van der Waals surface area contributed by atoms with Gasteiger partial charge in [0.05, 0.1) is 11.1 Å². The summed E-state index contributed by atoms with van der Waals surface area (Å²) in [7, 11) is 0. The largest absolute Gasteiger partial charge is 0.427 e. The first-order chi connectivity index (χ1) is 11.6. The SMILES string of the molecule is CSc1ccc(C(=O)OC2=C(c3ccccc3Cl)C(=O)CC2)cc1. The van der Waals surface area contributed by atoms with Crippen molar-refractivity contribution in [3.8, 4) is 0 Å². The summed E-state index contributed by atoms with van der Waals surface area (Å²) in [6, 6.07) is 14.3. The first-order valence-corrected chi connectivity index (χ1v) is 9.08. The second kappa shape index (κ2) is 7.24.